The summed E-state index contributed by atoms with van der Waals surface area (Å²) in [5, 5.41) is 3.32. The predicted molar refractivity (Wildman–Crippen MR) is 74.4 cm³/mol. The number of hydrogen-bond acceptors (Lipinski definition) is 3. The van der Waals surface area contributed by atoms with E-state index in [0.717, 1.165) is 31.3 Å². The zero-order chi connectivity index (χ0) is 12.8. The van der Waals surface area contributed by atoms with Crippen LogP contribution < -0.4 is 5.32 Å². The highest BCUT2D eigenvalue weighted by Crippen LogP contribution is 2.19. The maximum atomic E-state index is 5.65. The van der Waals surface area contributed by atoms with Crippen LogP contribution in [-0.2, 0) is 13.1 Å². The van der Waals surface area contributed by atoms with E-state index in [9.17, 15) is 0 Å². The van der Waals surface area contributed by atoms with Crippen molar-refractivity contribution in [2.45, 2.75) is 46.2 Å². The molecule has 0 aliphatic carbocycles. The van der Waals surface area contributed by atoms with Crippen molar-refractivity contribution in [2.24, 2.45) is 5.92 Å². The van der Waals surface area contributed by atoms with Crippen molar-refractivity contribution < 1.29 is 4.42 Å². The number of hydrogen-bond donors (Lipinski definition) is 1. The van der Waals surface area contributed by atoms with Crippen LogP contribution in [0.15, 0.2) is 16.7 Å². The molecule has 0 saturated carbocycles. The molecule has 2 rings (SSSR count). The second-order valence-electron chi connectivity index (χ2n) is 5.51. The van der Waals surface area contributed by atoms with Crippen LogP contribution >= 0.6 is 0 Å². The normalized spacial score (nSPS) is 22.0. The van der Waals surface area contributed by atoms with Crippen LogP contribution in [0, 0.1) is 5.92 Å². The summed E-state index contributed by atoms with van der Waals surface area (Å²) in [6.45, 7) is 9.81. The fraction of sp³-hybridized carbons (Fsp3) is 0.733. The van der Waals surface area contributed by atoms with E-state index in [1.165, 1.54) is 37.9 Å². The number of nitrogens with zero attached hydrogens (tertiary/aromatic N) is 1. The Labute approximate surface area is 111 Å². The first-order valence-electron chi connectivity index (χ1n) is 7.27. The molecule has 3 heteroatoms. The number of furan rings is 1. The molecule has 1 aliphatic rings. The van der Waals surface area contributed by atoms with Crippen molar-refractivity contribution in [1.29, 1.82) is 0 Å². The summed E-state index contributed by atoms with van der Waals surface area (Å²) in [6, 6.07) is 2.19. The molecule has 0 spiro atoms. The van der Waals surface area contributed by atoms with Gasteiger partial charge in [0.15, 0.2) is 0 Å². The van der Waals surface area contributed by atoms with Gasteiger partial charge in [0.25, 0.3) is 0 Å². The first-order valence-corrected chi connectivity index (χ1v) is 7.27. The molecule has 0 radical (unpaired) electrons. The van der Waals surface area contributed by atoms with E-state index in [2.05, 4.69) is 30.1 Å². The summed E-state index contributed by atoms with van der Waals surface area (Å²) in [7, 11) is 0. The monoisotopic (exact) mass is 250 g/mol. The lowest BCUT2D eigenvalue weighted by Crippen LogP contribution is -2.23. The van der Waals surface area contributed by atoms with Crippen LogP contribution in [0.3, 0.4) is 0 Å². The van der Waals surface area contributed by atoms with E-state index in [0.29, 0.717) is 0 Å². The maximum absolute atomic E-state index is 5.65. The molecule has 1 fully saturated rings. The predicted octanol–water partition coefficient (Wildman–Crippen LogP) is 3.01. The van der Waals surface area contributed by atoms with Crippen molar-refractivity contribution in [3.8, 4) is 0 Å². The van der Waals surface area contributed by atoms with Crippen LogP contribution in [0.5, 0.6) is 0 Å². The summed E-state index contributed by atoms with van der Waals surface area (Å²) in [6.07, 6.45) is 5.91. The minimum atomic E-state index is 0.885. The molecule has 0 amide bonds. The van der Waals surface area contributed by atoms with Crippen molar-refractivity contribution in [2.75, 3.05) is 19.6 Å². The number of nitrogens with one attached hydrogen (secondary N) is 1. The Bertz CT molecular complexity index is 348. The Balaban J connectivity index is 1.82. The fourth-order valence-electron chi connectivity index (χ4n) is 2.57. The molecular formula is C15H26N2O. The van der Waals surface area contributed by atoms with E-state index < -0.39 is 0 Å². The van der Waals surface area contributed by atoms with Gasteiger partial charge >= 0.3 is 0 Å². The Morgan fingerprint density at radius 1 is 1.39 bits per heavy atom. The minimum Gasteiger partial charge on any atom is -0.468 e. The van der Waals surface area contributed by atoms with Crippen molar-refractivity contribution in [3.05, 3.63) is 23.7 Å². The molecule has 2 heterocycles. The summed E-state index contributed by atoms with van der Waals surface area (Å²) >= 11 is 0. The first kappa shape index (κ1) is 13.6. The SMILES string of the molecule is CCNCc1coc(CN2CCCC(C)CC2)c1. The van der Waals surface area contributed by atoms with Gasteiger partial charge in [0, 0.05) is 12.1 Å². The summed E-state index contributed by atoms with van der Waals surface area (Å²) in [5.74, 6) is 1.99. The fourth-order valence-corrected chi connectivity index (χ4v) is 2.57. The molecule has 1 saturated heterocycles. The van der Waals surface area contributed by atoms with Crippen LogP contribution in [0.4, 0.5) is 0 Å². The van der Waals surface area contributed by atoms with Gasteiger partial charge in [-0.15, -0.1) is 0 Å². The Kier molecular flexibility index (Phi) is 5.26. The molecule has 18 heavy (non-hydrogen) atoms. The van der Waals surface area contributed by atoms with Crippen molar-refractivity contribution in [1.82, 2.24) is 10.2 Å². The van der Waals surface area contributed by atoms with E-state index in [1.807, 2.05) is 6.26 Å². The van der Waals surface area contributed by atoms with Gasteiger partial charge in [-0.3, -0.25) is 4.90 Å². The highest BCUT2D eigenvalue weighted by atomic mass is 16.3. The Morgan fingerprint density at radius 2 is 2.28 bits per heavy atom. The van der Waals surface area contributed by atoms with Gasteiger partial charge in [-0.1, -0.05) is 13.8 Å². The molecular weight excluding hydrogens is 224 g/mol. The van der Waals surface area contributed by atoms with E-state index in [1.54, 1.807) is 0 Å². The molecule has 0 bridgehead atoms. The number of rotatable bonds is 5. The number of likely N-dealkylation sites (tertiary alicyclic amines) is 1. The zero-order valence-electron chi connectivity index (χ0n) is 11.7. The van der Waals surface area contributed by atoms with Gasteiger partial charge in [-0.25, -0.2) is 0 Å². The van der Waals surface area contributed by atoms with E-state index >= 15 is 0 Å². The smallest absolute Gasteiger partial charge is 0.118 e. The zero-order valence-corrected chi connectivity index (χ0v) is 11.7. The molecule has 1 aromatic heterocycles. The highest BCUT2D eigenvalue weighted by molar-refractivity contribution is 5.12. The van der Waals surface area contributed by atoms with Crippen LogP contribution in [0.1, 0.15) is 44.4 Å². The second-order valence-corrected chi connectivity index (χ2v) is 5.51. The third kappa shape index (κ3) is 4.14. The van der Waals surface area contributed by atoms with Gasteiger partial charge in [-0.05, 0) is 50.9 Å². The standard InChI is InChI=1S/C15H26N2O/c1-3-16-10-14-9-15(18-12-14)11-17-7-4-5-13(2)6-8-17/h9,12-13,16H,3-8,10-11H2,1-2H3. The van der Waals surface area contributed by atoms with Gasteiger partial charge in [0.2, 0.25) is 0 Å². The summed E-state index contributed by atoms with van der Waals surface area (Å²) in [5.41, 5.74) is 1.26. The third-order valence-electron chi connectivity index (χ3n) is 3.78. The lowest BCUT2D eigenvalue weighted by Gasteiger charge is -2.18. The quantitative estimate of drug-likeness (QED) is 0.871. The molecule has 1 aliphatic heterocycles. The van der Waals surface area contributed by atoms with Crippen molar-refractivity contribution in [3.63, 3.8) is 0 Å². The topological polar surface area (TPSA) is 28.4 Å². The maximum Gasteiger partial charge on any atom is 0.118 e. The highest BCUT2D eigenvalue weighted by Gasteiger charge is 2.15. The molecule has 102 valence electrons. The van der Waals surface area contributed by atoms with E-state index in [-0.39, 0.29) is 0 Å². The van der Waals surface area contributed by atoms with Gasteiger partial charge < -0.3 is 9.73 Å². The molecule has 1 N–H and O–H groups in total. The van der Waals surface area contributed by atoms with Crippen LogP contribution in [0.25, 0.3) is 0 Å². The molecule has 1 aromatic rings. The largest absolute Gasteiger partial charge is 0.468 e. The Hall–Kier alpha value is -0.800. The van der Waals surface area contributed by atoms with Crippen LogP contribution in [-0.4, -0.2) is 24.5 Å². The lowest BCUT2D eigenvalue weighted by molar-refractivity contribution is 0.250. The molecule has 0 aromatic carbocycles. The van der Waals surface area contributed by atoms with Crippen LogP contribution in [0.2, 0.25) is 0 Å². The molecule has 1 atom stereocenters. The molecule has 3 nitrogen and oxygen atoms in total. The summed E-state index contributed by atoms with van der Waals surface area (Å²) in [4.78, 5) is 2.53. The van der Waals surface area contributed by atoms with Gasteiger partial charge in [0.05, 0.1) is 12.8 Å². The average Bonchev–Trinajstić information content (AvgIpc) is 2.70. The molecule has 1 unspecified atom stereocenters. The van der Waals surface area contributed by atoms with E-state index in [4.69, 9.17) is 4.42 Å². The Morgan fingerprint density at radius 3 is 3.11 bits per heavy atom. The van der Waals surface area contributed by atoms with Gasteiger partial charge in [0.1, 0.15) is 5.76 Å². The van der Waals surface area contributed by atoms with Gasteiger partial charge in [-0.2, -0.15) is 0 Å². The second kappa shape index (κ2) is 6.95. The minimum absolute atomic E-state index is 0.885. The lowest BCUT2D eigenvalue weighted by atomic mass is 10.0. The average molecular weight is 250 g/mol. The third-order valence-corrected chi connectivity index (χ3v) is 3.78. The summed E-state index contributed by atoms with van der Waals surface area (Å²) < 4.78 is 5.65. The first-order chi connectivity index (χ1) is 8.78. The van der Waals surface area contributed by atoms with Crippen molar-refractivity contribution >= 4 is 0 Å².